The molecule has 2 rings (SSSR count). The van der Waals surface area contributed by atoms with Crippen molar-refractivity contribution in [3.63, 3.8) is 0 Å². The second kappa shape index (κ2) is 5.38. The highest BCUT2D eigenvalue weighted by Gasteiger charge is 2.33. The molecule has 0 aliphatic carbocycles. The third-order valence-electron chi connectivity index (χ3n) is 3.39. The monoisotopic (exact) mass is 255 g/mol. The lowest BCUT2D eigenvalue weighted by Gasteiger charge is -2.40. The zero-order valence-corrected chi connectivity index (χ0v) is 11.5. The third-order valence-corrected chi connectivity index (χ3v) is 5.66. The summed E-state index contributed by atoms with van der Waals surface area (Å²) in [5, 5.41) is 4.56. The second-order valence-electron chi connectivity index (χ2n) is 4.94. The minimum absolute atomic E-state index is 0.259. The van der Waals surface area contributed by atoms with E-state index in [1.807, 2.05) is 0 Å². The molecular formula is C13H21NO2S. The normalized spacial score (nSPS) is 30.9. The molecule has 0 amide bonds. The Labute approximate surface area is 106 Å². The van der Waals surface area contributed by atoms with E-state index in [0.29, 0.717) is 0 Å². The highest BCUT2D eigenvalue weighted by Crippen LogP contribution is 2.39. The summed E-state index contributed by atoms with van der Waals surface area (Å²) < 4.78 is 5.35. The average molecular weight is 255 g/mol. The molecule has 2 heterocycles. The summed E-state index contributed by atoms with van der Waals surface area (Å²) in [5.41, 5.74) is 0.993. The van der Waals surface area contributed by atoms with Crippen LogP contribution in [0.3, 0.4) is 0 Å². The number of hydrogen-bond acceptors (Lipinski definition) is 3. The van der Waals surface area contributed by atoms with Crippen molar-refractivity contribution in [1.82, 2.24) is 4.90 Å². The van der Waals surface area contributed by atoms with E-state index in [1.54, 1.807) is 0 Å². The van der Waals surface area contributed by atoms with E-state index in [0.717, 1.165) is 38.3 Å². The first-order chi connectivity index (χ1) is 8.14. The molecule has 0 N–H and O–H groups in total. The summed E-state index contributed by atoms with van der Waals surface area (Å²) >= 11 is 0. The molecule has 96 valence electrons. The van der Waals surface area contributed by atoms with Gasteiger partial charge in [0.15, 0.2) is 0 Å². The fraction of sp³-hybridized carbons (Fsp3) is 0.615. The summed E-state index contributed by atoms with van der Waals surface area (Å²) in [7, 11) is -0.259. The largest absolute Gasteiger partial charge is 0.379 e. The number of nitrogens with zero attached hydrogens (tertiary/aromatic N) is 1. The van der Waals surface area contributed by atoms with Crippen molar-refractivity contribution in [3.8, 4) is 0 Å². The zero-order valence-electron chi connectivity index (χ0n) is 10.6. The van der Waals surface area contributed by atoms with E-state index >= 15 is 0 Å². The molecule has 2 aliphatic heterocycles. The number of aldehydes is 1. The fourth-order valence-electron chi connectivity index (χ4n) is 2.31. The van der Waals surface area contributed by atoms with Crippen LogP contribution >= 0.6 is 10.9 Å². The molecule has 2 atom stereocenters. The first-order valence-corrected chi connectivity index (χ1v) is 7.72. The molecule has 3 nitrogen and oxygen atoms in total. The minimum atomic E-state index is -0.332. The maximum absolute atomic E-state index is 11.5. The van der Waals surface area contributed by atoms with Crippen molar-refractivity contribution in [1.29, 1.82) is 0 Å². The van der Waals surface area contributed by atoms with Crippen LogP contribution in [0.5, 0.6) is 0 Å². The van der Waals surface area contributed by atoms with Crippen LogP contribution in [0.25, 0.3) is 0 Å². The molecule has 17 heavy (non-hydrogen) atoms. The maximum atomic E-state index is 11.5. The molecule has 1 fully saturated rings. The van der Waals surface area contributed by atoms with E-state index in [4.69, 9.17) is 4.74 Å². The van der Waals surface area contributed by atoms with Crippen molar-refractivity contribution in [3.05, 3.63) is 22.5 Å². The summed E-state index contributed by atoms with van der Waals surface area (Å²) in [6, 6.07) is 0. The quantitative estimate of drug-likeness (QED) is 0.612. The van der Waals surface area contributed by atoms with Gasteiger partial charge in [-0.2, -0.15) is 0 Å². The van der Waals surface area contributed by atoms with Crippen LogP contribution in [-0.2, 0) is 9.53 Å². The number of allylic oxidation sites excluding steroid dienone is 2. The SMILES string of the molecule is CC1=C[SH](CC(C)(C=O)N2CCOCC2)C=C1. The number of carbonyl (C=O) groups excluding carboxylic acids is 1. The van der Waals surface area contributed by atoms with Crippen molar-refractivity contribution < 1.29 is 9.53 Å². The number of hydrogen-bond donors (Lipinski definition) is 1. The van der Waals surface area contributed by atoms with Crippen molar-refractivity contribution in [2.75, 3.05) is 32.1 Å². The first kappa shape index (κ1) is 12.9. The van der Waals surface area contributed by atoms with Crippen molar-refractivity contribution >= 4 is 17.2 Å². The Balaban J connectivity index is 2.03. The number of morpholine rings is 1. The van der Waals surface area contributed by atoms with Gasteiger partial charge in [0.25, 0.3) is 0 Å². The fourth-order valence-corrected chi connectivity index (χ4v) is 4.65. The summed E-state index contributed by atoms with van der Waals surface area (Å²) in [6.45, 7) is 7.39. The van der Waals surface area contributed by atoms with Gasteiger partial charge in [-0.05, 0) is 30.2 Å². The number of ether oxygens (including phenoxy) is 1. The molecule has 2 unspecified atom stereocenters. The Morgan fingerprint density at radius 3 is 2.76 bits per heavy atom. The highest BCUT2D eigenvalue weighted by molar-refractivity contribution is 8.22. The van der Waals surface area contributed by atoms with Gasteiger partial charge < -0.3 is 9.53 Å². The summed E-state index contributed by atoms with van der Waals surface area (Å²) in [4.78, 5) is 13.7. The van der Waals surface area contributed by atoms with Crippen molar-refractivity contribution in [2.45, 2.75) is 19.4 Å². The Hall–Kier alpha value is -0.580. The van der Waals surface area contributed by atoms with Gasteiger partial charge in [-0.25, -0.2) is 10.9 Å². The Morgan fingerprint density at radius 1 is 1.53 bits per heavy atom. The topological polar surface area (TPSA) is 29.5 Å². The minimum Gasteiger partial charge on any atom is -0.379 e. The van der Waals surface area contributed by atoms with Gasteiger partial charge in [0.1, 0.15) is 6.29 Å². The molecule has 0 bridgehead atoms. The second-order valence-corrected chi connectivity index (χ2v) is 6.84. The van der Waals surface area contributed by atoms with Gasteiger partial charge in [-0.15, -0.1) is 0 Å². The lowest BCUT2D eigenvalue weighted by Crippen LogP contribution is -2.54. The predicted octanol–water partition coefficient (Wildman–Crippen LogP) is 1.71. The summed E-state index contributed by atoms with van der Waals surface area (Å²) in [6.07, 6.45) is 3.28. The van der Waals surface area contributed by atoms with Crippen LogP contribution in [0.2, 0.25) is 0 Å². The highest BCUT2D eigenvalue weighted by atomic mass is 32.2. The van der Waals surface area contributed by atoms with Gasteiger partial charge >= 0.3 is 0 Å². The number of thiol groups is 1. The van der Waals surface area contributed by atoms with Gasteiger partial charge in [0, 0.05) is 18.8 Å². The van der Waals surface area contributed by atoms with E-state index in [2.05, 4.69) is 35.6 Å². The molecule has 4 heteroatoms. The Kier molecular flexibility index (Phi) is 4.07. The van der Waals surface area contributed by atoms with Gasteiger partial charge in [0.2, 0.25) is 0 Å². The predicted molar refractivity (Wildman–Crippen MR) is 73.6 cm³/mol. The smallest absolute Gasteiger partial charge is 0.140 e. The van der Waals surface area contributed by atoms with Crippen LogP contribution in [0.4, 0.5) is 0 Å². The average Bonchev–Trinajstić information content (AvgIpc) is 2.75. The van der Waals surface area contributed by atoms with Crippen molar-refractivity contribution in [2.24, 2.45) is 0 Å². The van der Waals surface area contributed by atoms with Crippen LogP contribution in [-0.4, -0.2) is 48.8 Å². The lowest BCUT2D eigenvalue weighted by molar-refractivity contribution is -0.119. The number of rotatable bonds is 4. The molecule has 2 aliphatic rings. The molecule has 0 aromatic heterocycles. The van der Waals surface area contributed by atoms with Gasteiger partial charge in [0.05, 0.1) is 18.8 Å². The van der Waals surface area contributed by atoms with Crippen LogP contribution in [0, 0.1) is 0 Å². The Bertz CT molecular complexity index is 347. The molecule has 0 saturated carbocycles. The molecule has 0 aromatic rings. The number of carbonyl (C=O) groups is 1. The maximum Gasteiger partial charge on any atom is 0.140 e. The van der Waals surface area contributed by atoms with E-state index in [-0.39, 0.29) is 16.4 Å². The lowest BCUT2D eigenvalue weighted by atomic mass is 10.0. The molecular weight excluding hydrogens is 234 g/mol. The first-order valence-electron chi connectivity index (χ1n) is 6.05. The third kappa shape index (κ3) is 3.00. The van der Waals surface area contributed by atoms with E-state index in [1.165, 1.54) is 5.57 Å². The van der Waals surface area contributed by atoms with Crippen LogP contribution < -0.4 is 0 Å². The zero-order chi connectivity index (χ0) is 12.3. The molecule has 0 radical (unpaired) electrons. The standard InChI is InChI=1S/C13H21NO2S/c1-12-3-8-17(9-12)11-13(2,10-15)14-4-6-16-7-5-14/h3,8-10,17H,4-7,11H2,1-2H3. The van der Waals surface area contributed by atoms with Gasteiger partial charge in [-0.3, -0.25) is 4.90 Å². The molecule has 0 spiro atoms. The van der Waals surface area contributed by atoms with Crippen LogP contribution in [0.1, 0.15) is 13.8 Å². The molecule has 0 aromatic carbocycles. The van der Waals surface area contributed by atoms with E-state index < -0.39 is 0 Å². The summed E-state index contributed by atoms with van der Waals surface area (Å²) in [5.74, 6) is 0.930. The van der Waals surface area contributed by atoms with Gasteiger partial charge in [-0.1, -0.05) is 6.08 Å². The van der Waals surface area contributed by atoms with Crippen LogP contribution in [0.15, 0.2) is 22.5 Å². The van der Waals surface area contributed by atoms with E-state index in [9.17, 15) is 4.79 Å². The Morgan fingerprint density at radius 2 is 2.24 bits per heavy atom. The molecule has 1 saturated heterocycles.